The highest BCUT2D eigenvalue weighted by Gasteiger charge is 2.36. The molecule has 2 aliphatic rings. The average Bonchev–Trinajstić information content (AvgIpc) is 3.48. The molecule has 0 saturated carbocycles. The molecule has 3 heterocycles. The molecule has 1 saturated heterocycles. The summed E-state index contributed by atoms with van der Waals surface area (Å²) in [6, 6.07) is 17.2. The van der Waals surface area contributed by atoms with Crippen LogP contribution in [0.2, 0.25) is 0 Å². The van der Waals surface area contributed by atoms with Gasteiger partial charge in [0.25, 0.3) is 17.7 Å². The Morgan fingerprint density at radius 1 is 1.00 bits per heavy atom. The van der Waals surface area contributed by atoms with E-state index in [-0.39, 0.29) is 16.6 Å². The normalized spacial score (nSPS) is 16.0. The van der Waals surface area contributed by atoms with Crippen molar-refractivity contribution in [3.05, 3.63) is 104 Å². The summed E-state index contributed by atoms with van der Waals surface area (Å²) in [5, 5.41) is 6.70. The van der Waals surface area contributed by atoms with Crippen molar-refractivity contribution >= 4 is 63.8 Å². The largest absolute Gasteiger partial charge is 0.322 e. The molecule has 0 bridgehead atoms. The molecule has 1 aliphatic heterocycles. The number of benzene rings is 2. The van der Waals surface area contributed by atoms with Crippen molar-refractivity contribution in [2.75, 3.05) is 10.2 Å². The Morgan fingerprint density at radius 2 is 1.74 bits per heavy atom. The molecule has 2 aromatic carbocycles. The second-order valence-corrected chi connectivity index (χ2v) is 12.6. The molecule has 4 aromatic rings. The fourth-order valence-electron chi connectivity index (χ4n) is 5.99. The topological polar surface area (TPSA) is 83.4 Å². The highest BCUT2D eigenvalue weighted by atomic mass is 32.1. The summed E-state index contributed by atoms with van der Waals surface area (Å²) in [5.74, 6) is -1.14. The molecule has 218 valence electrons. The molecule has 0 radical (unpaired) electrons. The van der Waals surface area contributed by atoms with Crippen molar-refractivity contribution in [3.63, 3.8) is 0 Å². The van der Waals surface area contributed by atoms with E-state index in [1.165, 1.54) is 9.78 Å². The van der Waals surface area contributed by atoms with Gasteiger partial charge in [0.2, 0.25) is 0 Å². The number of fused-ring (bicyclic) bond motifs is 1. The number of carbonyl (C=O) groups is 3. The first-order valence-electron chi connectivity index (χ1n) is 14.3. The lowest BCUT2D eigenvalue weighted by atomic mass is 9.95. The Morgan fingerprint density at radius 3 is 2.49 bits per heavy atom. The zero-order valence-corrected chi connectivity index (χ0v) is 26.2. The number of thiocarbonyl (C=S) groups is 1. The molecule has 3 amide bonds. The molecule has 2 N–H and O–H groups in total. The third-order valence-corrected chi connectivity index (χ3v) is 9.64. The van der Waals surface area contributed by atoms with E-state index in [2.05, 4.69) is 15.2 Å². The summed E-state index contributed by atoms with van der Waals surface area (Å²) in [6.45, 7) is 7.83. The van der Waals surface area contributed by atoms with Gasteiger partial charge in [0.15, 0.2) is 5.11 Å². The Bertz CT molecular complexity index is 1850. The molecule has 1 aliphatic carbocycles. The van der Waals surface area contributed by atoms with E-state index in [4.69, 9.17) is 12.2 Å². The van der Waals surface area contributed by atoms with Crippen LogP contribution in [0.1, 0.15) is 61.7 Å². The SMILES string of the molecule is Cc1ccc(N2C(=O)/C(=C/c3cc(C)n(-c4sc5c(c4C(=O)Nc4ccccc4)CCCC5)c3C)C(=O)NC2=S)c(C)c1. The molecule has 6 rings (SSSR count). The van der Waals surface area contributed by atoms with Crippen LogP contribution in [-0.2, 0) is 22.4 Å². The summed E-state index contributed by atoms with van der Waals surface area (Å²) in [4.78, 5) is 43.3. The van der Waals surface area contributed by atoms with Crippen molar-refractivity contribution in [2.45, 2.75) is 53.4 Å². The van der Waals surface area contributed by atoms with Crippen molar-refractivity contribution < 1.29 is 14.4 Å². The Balaban J connectivity index is 1.42. The minimum absolute atomic E-state index is 0.00124. The zero-order valence-electron chi connectivity index (χ0n) is 24.5. The Labute approximate surface area is 260 Å². The fourth-order valence-corrected chi connectivity index (χ4v) is 7.76. The summed E-state index contributed by atoms with van der Waals surface area (Å²) in [6.07, 6.45) is 5.59. The molecular weight excluding hydrogens is 577 g/mol. The minimum Gasteiger partial charge on any atom is -0.322 e. The number of amides is 3. The molecule has 43 heavy (non-hydrogen) atoms. The second kappa shape index (κ2) is 11.4. The number of aryl methyl sites for hydroxylation is 4. The van der Waals surface area contributed by atoms with E-state index in [1.807, 2.05) is 82.3 Å². The maximum Gasteiger partial charge on any atom is 0.270 e. The van der Waals surface area contributed by atoms with Crippen LogP contribution >= 0.6 is 23.6 Å². The van der Waals surface area contributed by atoms with Crippen LogP contribution in [0.15, 0.2) is 60.2 Å². The maximum atomic E-state index is 13.8. The van der Waals surface area contributed by atoms with E-state index in [0.717, 1.165) is 70.0 Å². The minimum atomic E-state index is -0.532. The predicted molar refractivity (Wildman–Crippen MR) is 176 cm³/mol. The van der Waals surface area contributed by atoms with Gasteiger partial charge in [-0.3, -0.25) is 24.6 Å². The average molecular weight is 609 g/mol. The summed E-state index contributed by atoms with van der Waals surface area (Å²) < 4.78 is 2.08. The van der Waals surface area contributed by atoms with Crippen molar-refractivity contribution in [2.24, 2.45) is 0 Å². The predicted octanol–water partition coefficient (Wildman–Crippen LogP) is 6.73. The van der Waals surface area contributed by atoms with E-state index in [1.54, 1.807) is 17.4 Å². The van der Waals surface area contributed by atoms with Gasteiger partial charge >= 0.3 is 0 Å². The number of thiophene rings is 1. The van der Waals surface area contributed by atoms with Crippen LogP contribution < -0.4 is 15.5 Å². The number of para-hydroxylation sites is 1. The fraction of sp³-hybridized carbons (Fsp3) is 0.235. The van der Waals surface area contributed by atoms with E-state index in [0.29, 0.717) is 11.3 Å². The lowest BCUT2D eigenvalue weighted by molar-refractivity contribution is -0.122. The number of rotatable bonds is 5. The van der Waals surface area contributed by atoms with Crippen molar-refractivity contribution in [1.82, 2.24) is 9.88 Å². The van der Waals surface area contributed by atoms with Crippen LogP contribution in [0.25, 0.3) is 11.1 Å². The highest BCUT2D eigenvalue weighted by molar-refractivity contribution is 7.80. The molecule has 1 fully saturated rings. The van der Waals surface area contributed by atoms with E-state index < -0.39 is 11.8 Å². The van der Waals surface area contributed by atoms with Gasteiger partial charge in [-0.25, -0.2) is 0 Å². The Kier molecular flexibility index (Phi) is 7.62. The molecule has 2 aromatic heterocycles. The van der Waals surface area contributed by atoms with E-state index >= 15 is 0 Å². The van der Waals surface area contributed by atoms with Gasteiger partial charge in [-0.15, -0.1) is 11.3 Å². The van der Waals surface area contributed by atoms with Gasteiger partial charge in [-0.05, 0) is 113 Å². The quantitative estimate of drug-likeness (QED) is 0.149. The van der Waals surface area contributed by atoms with Crippen LogP contribution in [0, 0.1) is 27.7 Å². The third kappa shape index (κ3) is 5.23. The van der Waals surface area contributed by atoms with Gasteiger partial charge in [-0.1, -0.05) is 35.9 Å². The smallest absolute Gasteiger partial charge is 0.270 e. The van der Waals surface area contributed by atoms with Crippen molar-refractivity contribution in [3.8, 4) is 5.00 Å². The number of hydrogen-bond acceptors (Lipinski definition) is 5. The third-order valence-electron chi connectivity index (χ3n) is 8.08. The number of hydrogen-bond donors (Lipinski definition) is 2. The first-order chi connectivity index (χ1) is 20.6. The van der Waals surface area contributed by atoms with Gasteiger partial charge in [0.1, 0.15) is 10.6 Å². The second-order valence-electron chi connectivity index (χ2n) is 11.1. The summed E-state index contributed by atoms with van der Waals surface area (Å²) >= 11 is 7.07. The van der Waals surface area contributed by atoms with Crippen LogP contribution in [0.3, 0.4) is 0 Å². The molecule has 0 unspecified atom stereocenters. The van der Waals surface area contributed by atoms with Gasteiger partial charge in [0, 0.05) is 22.0 Å². The van der Waals surface area contributed by atoms with Crippen LogP contribution in [0.4, 0.5) is 11.4 Å². The lowest BCUT2D eigenvalue weighted by Gasteiger charge is -2.30. The van der Waals surface area contributed by atoms with Crippen molar-refractivity contribution in [1.29, 1.82) is 0 Å². The van der Waals surface area contributed by atoms with Gasteiger partial charge in [-0.2, -0.15) is 0 Å². The number of nitrogens with one attached hydrogen (secondary N) is 2. The summed E-state index contributed by atoms with van der Waals surface area (Å²) in [5.41, 5.74) is 7.61. The summed E-state index contributed by atoms with van der Waals surface area (Å²) in [7, 11) is 0. The van der Waals surface area contributed by atoms with Gasteiger partial charge < -0.3 is 9.88 Å². The standard InChI is InChI=1S/C34H32N4O3S2/c1-19-14-15-27(20(2)16-19)38-32(41)26(30(39)36-34(38)42)18-23-17-21(3)37(22(23)4)33-29(25-12-8-9-13-28(25)43-33)31(40)35-24-10-6-5-7-11-24/h5-7,10-11,14-18H,8-9,12-13H2,1-4H3,(H,35,40)(H,36,39,42)/b26-18+. The number of anilines is 2. The molecule has 7 nitrogen and oxygen atoms in total. The first-order valence-corrected chi connectivity index (χ1v) is 15.6. The monoisotopic (exact) mass is 608 g/mol. The van der Waals surface area contributed by atoms with E-state index in [9.17, 15) is 14.4 Å². The maximum absolute atomic E-state index is 13.8. The number of nitrogens with zero attached hydrogens (tertiary/aromatic N) is 2. The Hall–Kier alpha value is -4.34. The highest BCUT2D eigenvalue weighted by Crippen LogP contribution is 2.39. The lowest BCUT2D eigenvalue weighted by Crippen LogP contribution is -2.54. The molecular formula is C34H32N4O3S2. The first kappa shape index (κ1) is 28.8. The van der Waals surface area contributed by atoms with Crippen LogP contribution in [-0.4, -0.2) is 27.4 Å². The van der Waals surface area contributed by atoms with Gasteiger partial charge in [0.05, 0.1) is 11.3 Å². The number of carbonyl (C=O) groups excluding carboxylic acids is 3. The molecule has 0 spiro atoms. The molecule has 0 atom stereocenters. The molecule has 9 heteroatoms. The number of aromatic nitrogens is 1. The van der Waals surface area contributed by atoms with Crippen LogP contribution in [0.5, 0.6) is 0 Å². The zero-order chi connectivity index (χ0) is 30.4.